The van der Waals surface area contributed by atoms with Crippen molar-refractivity contribution in [3.05, 3.63) is 35.7 Å². The highest BCUT2D eigenvalue weighted by Gasteiger charge is 2.45. The number of hydrogen-bond acceptors (Lipinski definition) is 7. The van der Waals surface area contributed by atoms with Gasteiger partial charge in [0.2, 0.25) is 0 Å². The average Bonchev–Trinajstić information content (AvgIpc) is 3.23. The number of aryl methyl sites for hydroxylation is 1. The summed E-state index contributed by atoms with van der Waals surface area (Å²) in [4.78, 5) is 18.6. The minimum absolute atomic E-state index is 0.00169. The van der Waals surface area contributed by atoms with Gasteiger partial charge in [0.05, 0.1) is 23.6 Å². The molecule has 4 rings (SSSR count). The lowest BCUT2D eigenvalue weighted by molar-refractivity contribution is -0.0820. The van der Waals surface area contributed by atoms with Gasteiger partial charge in [-0.2, -0.15) is 15.2 Å². The third-order valence-electron chi connectivity index (χ3n) is 4.87. The Morgan fingerprint density at radius 1 is 1.29 bits per heavy atom. The molecule has 0 aliphatic carbocycles. The van der Waals surface area contributed by atoms with E-state index in [1.165, 1.54) is 12.4 Å². The highest BCUT2D eigenvalue weighted by Crippen LogP contribution is 2.44. The van der Waals surface area contributed by atoms with Crippen LogP contribution in [0.15, 0.2) is 23.0 Å². The molecule has 8 heteroatoms. The Bertz CT molecular complexity index is 724. The molecule has 0 radical (unpaired) electrons. The van der Waals surface area contributed by atoms with Crippen molar-refractivity contribution in [3.8, 4) is 0 Å². The molecule has 1 amide bonds. The van der Waals surface area contributed by atoms with E-state index in [2.05, 4.69) is 20.3 Å². The van der Waals surface area contributed by atoms with E-state index in [9.17, 15) is 4.79 Å². The van der Waals surface area contributed by atoms with Crippen LogP contribution in [0.1, 0.15) is 53.9 Å². The van der Waals surface area contributed by atoms with Crippen LogP contribution in [-0.4, -0.2) is 49.8 Å². The van der Waals surface area contributed by atoms with Gasteiger partial charge in [0.1, 0.15) is 6.10 Å². The zero-order valence-electron chi connectivity index (χ0n) is 13.5. The molecule has 24 heavy (non-hydrogen) atoms. The van der Waals surface area contributed by atoms with Crippen LogP contribution in [-0.2, 0) is 4.74 Å². The first kappa shape index (κ1) is 15.2. The molecule has 4 heterocycles. The Kier molecular flexibility index (Phi) is 3.76. The quantitative estimate of drug-likeness (QED) is 0.827. The predicted molar refractivity (Wildman–Crippen MR) is 82.0 cm³/mol. The maximum Gasteiger partial charge on any atom is 0.255 e. The van der Waals surface area contributed by atoms with E-state index in [0.29, 0.717) is 30.4 Å². The Morgan fingerprint density at radius 2 is 2.12 bits per heavy atom. The van der Waals surface area contributed by atoms with Crippen molar-refractivity contribution in [2.45, 2.75) is 44.3 Å². The van der Waals surface area contributed by atoms with Gasteiger partial charge in [-0.05, 0) is 38.7 Å². The standard InChI is InChI=1S/C16H19N5O3/c1-11-19-14(24-20-11)13-2-4-16(23-13)5-8-21(9-6-16)15(22)12-3-7-17-18-10-12/h3,7,10,13H,2,4-6,8-9H2,1H3. The summed E-state index contributed by atoms with van der Waals surface area (Å²) in [7, 11) is 0. The third kappa shape index (κ3) is 2.77. The molecule has 2 saturated heterocycles. The van der Waals surface area contributed by atoms with Crippen LogP contribution in [0.5, 0.6) is 0 Å². The van der Waals surface area contributed by atoms with E-state index >= 15 is 0 Å². The van der Waals surface area contributed by atoms with Crippen molar-refractivity contribution in [1.29, 1.82) is 0 Å². The van der Waals surface area contributed by atoms with E-state index in [1.807, 2.05) is 4.90 Å². The van der Waals surface area contributed by atoms with Gasteiger partial charge >= 0.3 is 0 Å². The highest BCUT2D eigenvalue weighted by atomic mass is 16.5. The summed E-state index contributed by atoms with van der Waals surface area (Å²) in [6.45, 7) is 3.16. The third-order valence-corrected chi connectivity index (χ3v) is 4.87. The first-order valence-corrected chi connectivity index (χ1v) is 8.19. The number of hydrogen-bond donors (Lipinski definition) is 0. The molecule has 1 unspecified atom stereocenters. The topological polar surface area (TPSA) is 94.2 Å². The lowest BCUT2D eigenvalue weighted by Gasteiger charge is -2.38. The van der Waals surface area contributed by atoms with E-state index in [1.54, 1.807) is 13.0 Å². The fourth-order valence-corrected chi connectivity index (χ4v) is 3.52. The molecular weight excluding hydrogens is 310 g/mol. The number of aromatic nitrogens is 4. The van der Waals surface area contributed by atoms with Crippen molar-refractivity contribution < 1.29 is 14.1 Å². The number of nitrogens with zero attached hydrogens (tertiary/aromatic N) is 5. The number of ether oxygens (including phenoxy) is 1. The van der Waals surface area contributed by atoms with Gasteiger partial charge in [-0.1, -0.05) is 5.16 Å². The minimum atomic E-state index is -0.180. The zero-order chi connectivity index (χ0) is 16.6. The molecule has 2 aromatic rings. The van der Waals surface area contributed by atoms with Crippen molar-refractivity contribution in [1.82, 2.24) is 25.2 Å². The van der Waals surface area contributed by atoms with E-state index in [-0.39, 0.29) is 17.6 Å². The van der Waals surface area contributed by atoms with Gasteiger partial charge in [-0.25, -0.2) is 0 Å². The van der Waals surface area contributed by atoms with Crippen LogP contribution in [0.2, 0.25) is 0 Å². The number of piperidine rings is 1. The van der Waals surface area contributed by atoms with Crippen LogP contribution in [0, 0.1) is 6.92 Å². The second-order valence-corrected chi connectivity index (χ2v) is 6.43. The summed E-state index contributed by atoms with van der Waals surface area (Å²) >= 11 is 0. The fourth-order valence-electron chi connectivity index (χ4n) is 3.52. The normalized spacial score (nSPS) is 22.9. The van der Waals surface area contributed by atoms with Gasteiger partial charge < -0.3 is 14.2 Å². The number of carbonyl (C=O) groups excluding carboxylic acids is 1. The van der Waals surface area contributed by atoms with Gasteiger partial charge in [0.25, 0.3) is 11.8 Å². The molecule has 8 nitrogen and oxygen atoms in total. The second-order valence-electron chi connectivity index (χ2n) is 6.43. The van der Waals surface area contributed by atoms with Crippen molar-refractivity contribution in [2.75, 3.05) is 13.1 Å². The van der Waals surface area contributed by atoms with Crippen LogP contribution in [0.4, 0.5) is 0 Å². The molecular formula is C16H19N5O3. The maximum atomic E-state index is 12.5. The molecule has 2 aromatic heterocycles. The molecule has 0 N–H and O–H groups in total. The largest absolute Gasteiger partial charge is 0.362 e. The van der Waals surface area contributed by atoms with E-state index in [0.717, 1.165) is 25.7 Å². The summed E-state index contributed by atoms with van der Waals surface area (Å²) in [6.07, 6.45) is 6.39. The molecule has 2 fully saturated rings. The predicted octanol–water partition coefficient (Wildman–Crippen LogP) is 1.69. The molecule has 2 aliphatic rings. The monoisotopic (exact) mass is 329 g/mol. The molecule has 0 aromatic carbocycles. The average molecular weight is 329 g/mol. The highest BCUT2D eigenvalue weighted by molar-refractivity contribution is 5.93. The van der Waals surface area contributed by atoms with E-state index < -0.39 is 0 Å². The Morgan fingerprint density at radius 3 is 2.79 bits per heavy atom. The SMILES string of the molecule is Cc1noc(C2CCC3(CCN(C(=O)c4ccnnc4)CC3)O2)n1. The van der Waals surface area contributed by atoms with Crippen LogP contribution >= 0.6 is 0 Å². The Hall–Kier alpha value is -2.35. The van der Waals surface area contributed by atoms with Gasteiger partial charge in [-0.15, -0.1) is 0 Å². The van der Waals surface area contributed by atoms with Crippen LogP contribution in [0.25, 0.3) is 0 Å². The summed E-state index contributed by atoms with van der Waals surface area (Å²) in [6, 6.07) is 1.69. The molecule has 126 valence electrons. The lowest BCUT2D eigenvalue weighted by atomic mass is 9.88. The maximum absolute atomic E-state index is 12.5. The second kappa shape index (κ2) is 5.94. The molecule has 1 atom stereocenters. The number of amides is 1. The van der Waals surface area contributed by atoms with Crippen molar-refractivity contribution >= 4 is 5.91 Å². The first-order valence-electron chi connectivity index (χ1n) is 8.19. The van der Waals surface area contributed by atoms with Gasteiger partial charge in [0.15, 0.2) is 5.82 Å². The smallest absolute Gasteiger partial charge is 0.255 e. The lowest BCUT2D eigenvalue weighted by Crippen LogP contribution is -2.46. The number of likely N-dealkylation sites (tertiary alicyclic amines) is 1. The molecule has 0 saturated carbocycles. The Labute approximate surface area is 139 Å². The van der Waals surface area contributed by atoms with Crippen LogP contribution < -0.4 is 0 Å². The molecule has 2 aliphatic heterocycles. The van der Waals surface area contributed by atoms with E-state index in [4.69, 9.17) is 9.26 Å². The first-order chi connectivity index (χ1) is 11.7. The fraction of sp³-hybridized carbons (Fsp3) is 0.562. The summed E-state index contributed by atoms with van der Waals surface area (Å²) < 4.78 is 11.5. The van der Waals surface area contributed by atoms with Crippen molar-refractivity contribution in [2.24, 2.45) is 0 Å². The summed E-state index contributed by atoms with van der Waals surface area (Å²) in [5.74, 6) is 1.19. The zero-order valence-corrected chi connectivity index (χ0v) is 13.5. The Balaban J connectivity index is 1.39. The van der Waals surface area contributed by atoms with Gasteiger partial charge in [-0.3, -0.25) is 4.79 Å². The van der Waals surface area contributed by atoms with Crippen LogP contribution in [0.3, 0.4) is 0 Å². The van der Waals surface area contributed by atoms with Gasteiger partial charge in [0, 0.05) is 13.1 Å². The summed E-state index contributed by atoms with van der Waals surface area (Å²) in [5, 5.41) is 11.3. The minimum Gasteiger partial charge on any atom is -0.362 e. The number of rotatable bonds is 2. The molecule has 0 bridgehead atoms. The number of carbonyl (C=O) groups is 1. The van der Waals surface area contributed by atoms with Crippen molar-refractivity contribution in [3.63, 3.8) is 0 Å². The summed E-state index contributed by atoms with van der Waals surface area (Å²) in [5.41, 5.74) is 0.396. The molecule has 1 spiro atoms.